The molecule has 0 fully saturated rings. The third-order valence-corrected chi connectivity index (χ3v) is 3.70. The molecule has 1 aliphatic rings. The molecule has 2 aromatic rings. The van der Waals surface area contributed by atoms with Gasteiger partial charge >= 0.3 is 0 Å². The minimum absolute atomic E-state index is 0.0317. The van der Waals surface area contributed by atoms with Gasteiger partial charge in [-0.15, -0.1) is 0 Å². The van der Waals surface area contributed by atoms with Crippen LogP contribution in [0.4, 0.5) is 5.69 Å². The van der Waals surface area contributed by atoms with E-state index in [0.29, 0.717) is 10.6 Å². The first-order valence-electron chi connectivity index (χ1n) is 6.68. The van der Waals surface area contributed by atoms with Crippen molar-refractivity contribution in [3.05, 3.63) is 76.8 Å². The molecular weight excluding hydrogens is 282 g/mol. The molecule has 3 rings (SSSR count). The van der Waals surface area contributed by atoms with E-state index in [9.17, 15) is 4.79 Å². The number of carbonyl (C=O) groups excluding carboxylic acids is 1. The molecule has 0 spiro atoms. The van der Waals surface area contributed by atoms with Gasteiger partial charge in [0.1, 0.15) is 0 Å². The fourth-order valence-corrected chi connectivity index (χ4v) is 2.66. The topological polar surface area (TPSA) is 20.3 Å². The number of likely N-dealkylation sites (N-methyl/N-ethyl adjacent to an activating group) is 1. The van der Waals surface area contributed by atoms with E-state index in [0.717, 1.165) is 16.8 Å². The van der Waals surface area contributed by atoms with E-state index >= 15 is 0 Å². The molecule has 1 aliphatic heterocycles. The van der Waals surface area contributed by atoms with Gasteiger partial charge in [0.25, 0.3) is 5.91 Å². The number of benzene rings is 2. The predicted octanol–water partition coefficient (Wildman–Crippen LogP) is 4.33. The Morgan fingerprint density at radius 2 is 1.71 bits per heavy atom. The molecule has 2 nitrogen and oxygen atoms in total. The number of fused-ring (bicyclic) bond motifs is 1. The number of rotatable bonds is 2. The van der Waals surface area contributed by atoms with Gasteiger partial charge in [0, 0.05) is 17.6 Å². The summed E-state index contributed by atoms with van der Waals surface area (Å²) in [5.74, 6) is -0.0317. The monoisotopic (exact) mass is 295 g/mol. The Morgan fingerprint density at radius 3 is 2.48 bits per heavy atom. The lowest BCUT2D eigenvalue weighted by atomic mass is 10.1. The average molecular weight is 296 g/mol. The Labute approximate surface area is 129 Å². The molecule has 21 heavy (non-hydrogen) atoms. The van der Waals surface area contributed by atoms with Gasteiger partial charge in [-0.05, 0) is 23.8 Å². The Kier molecular flexibility index (Phi) is 3.63. The van der Waals surface area contributed by atoms with Gasteiger partial charge in [0.15, 0.2) is 0 Å². The van der Waals surface area contributed by atoms with Crippen LogP contribution in [0.5, 0.6) is 0 Å². The maximum Gasteiger partial charge on any atom is 0.258 e. The third-order valence-electron chi connectivity index (χ3n) is 3.48. The van der Waals surface area contributed by atoms with Crippen molar-refractivity contribution in [2.75, 3.05) is 11.9 Å². The van der Waals surface area contributed by atoms with Crippen LogP contribution in [-0.4, -0.2) is 13.0 Å². The summed E-state index contributed by atoms with van der Waals surface area (Å²) in [6, 6.07) is 17.5. The van der Waals surface area contributed by atoms with Crippen LogP contribution < -0.4 is 4.90 Å². The van der Waals surface area contributed by atoms with E-state index in [4.69, 9.17) is 11.6 Å². The summed E-state index contributed by atoms with van der Waals surface area (Å²) in [5.41, 5.74) is 3.47. The van der Waals surface area contributed by atoms with Crippen LogP contribution in [0.25, 0.3) is 11.6 Å². The molecule has 0 N–H and O–H groups in total. The molecular formula is C18H14ClNO. The van der Waals surface area contributed by atoms with Crippen molar-refractivity contribution in [3.63, 3.8) is 0 Å². The fraction of sp³-hybridized carbons (Fsp3) is 0.0556. The Hall–Kier alpha value is -2.32. The highest BCUT2D eigenvalue weighted by Crippen LogP contribution is 2.36. The van der Waals surface area contributed by atoms with Gasteiger partial charge in [-0.25, -0.2) is 0 Å². The summed E-state index contributed by atoms with van der Waals surface area (Å²) in [6.07, 6.45) is 3.59. The minimum Gasteiger partial charge on any atom is -0.311 e. The summed E-state index contributed by atoms with van der Waals surface area (Å²) in [4.78, 5) is 14.0. The molecule has 0 saturated carbocycles. The van der Waals surface area contributed by atoms with Crippen LogP contribution in [0, 0.1) is 0 Å². The number of para-hydroxylation sites is 1. The van der Waals surface area contributed by atoms with E-state index in [1.165, 1.54) is 0 Å². The average Bonchev–Trinajstić information content (AvgIpc) is 2.74. The second kappa shape index (κ2) is 5.58. The van der Waals surface area contributed by atoms with Crippen molar-refractivity contribution in [2.24, 2.45) is 0 Å². The van der Waals surface area contributed by atoms with Gasteiger partial charge < -0.3 is 4.90 Å². The SMILES string of the molecule is CN1C(=O)C(=C/C(Cl)=C/c2ccccc2)c2ccccc21. The van der Waals surface area contributed by atoms with Gasteiger partial charge in [-0.2, -0.15) is 0 Å². The maximum absolute atomic E-state index is 12.3. The summed E-state index contributed by atoms with van der Waals surface area (Å²) in [6.45, 7) is 0. The van der Waals surface area contributed by atoms with Crippen molar-refractivity contribution in [1.29, 1.82) is 0 Å². The van der Waals surface area contributed by atoms with E-state index in [-0.39, 0.29) is 5.91 Å². The highest BCUT2D eigenvalue weighted by molar-refractivity contribution is 6.38. The standard InChI is InChI=1S/C18H14ClNO/c1-20-17-10-6-5-9-15(17)16(18(20)21)12-14(19)11-13-7-3-2-4-8-13/h2-12H,1H3/b14-11-,16-12?. The van der Waals surface area contributed by atoms with E-state index in [1.807, 2.05) is 60.7 Å². The van der Waals surface area contributed by atoms with Gasteiger partial charge in [-0.3, -0.25) is 4.79 Å². The zero-order valence-electron chi connectivity index (χ0n) is 11.6. The van der Waals surface area contributed by atoms with E-state index < -0.39 is 0 Å². The number of carbonyl (C=O) groups is 1. The largest absolute Gasteiger partial charge is 0.311 e. The molecule has 1 amide bonds. The number of anilines is 1. The van der Waals surface area contributed by atoms with E-state index in [1.54, 1.807) is 18.0 Å². The van der Waals surface area contributed by atoms with Crippen LogP contribution in [0.1, 0.15) is 11.1 Å². The summed E-state index contributed by atoms with van der Waals surface area (Å²) < 4.78 is 0. The van der Waals surface area contributed by atoms with Crippen molar-refractivity contribution in [1.82, 2.24) is 0 Å². The molecule has 1 heterocycles. The molecule has 0 saturated heterocycles. The van der Waals surface area contributed by atoms with Crippen LogP contribution >= 0.6 is 11.6 Å². The highest BCUT2D eigenvalue weighted by atomic mass is 35.5. The normalized spacial score (nSPS) is 16.5. The van der Waals surface area contributed by atoms with Crippen molar-refractivity contribution >= 4 is 34.8 Å². The number of allylic oxidation sites excluding steroid dienone is 2. The van der Waals surface area contributed by atoms with Crippen LogP contribution in [-0.2, 0) is 4.79 Å². The van der Waals surface area contributed by atoms with Crippen molar-refractivity contribution in [2.45, 2.75) is 0 Å². The molecule has 0 bridgehead atoms. The summed E-state index contributed by atoms with van der Waals surface area (Å²) >= 11 is 6.29. The minimum atomic E-state index is -0.0317. The predicted molar refractivity (Wildman–Crippen MR) is 88.1 cm³/mol. The molecule has 0 unspecified atom stereocenters. The zero-order valence-corrected chi connectivity index (χ0v) is 12.3. The van der Waals surface area contributed by atoms with Crippen molar-refractivity contribution in [3.8, 4) is 0 Å². The highest BCUT2D eigenvalue weighted by Gasteiger charge is 2.28. The zero-order chi connectivity index (χ0) is 14.8. The first-order valence-corrected chi connectivity index (χ1v) is 7.06. The molecule has 0 radical (unpaired) electrons. The second-order valence-corrected chi connectivity index (χ2v) is 5.32. The number of amides is 1. The smallest absolute Gasteiger partial charge is 0.258 e. The lowest BCUT2D eigenvalue weighted by Crippen LogP contribution is -2.20. The van der Waals surface area contributed by atoms with Crippen LogP contribution in [0.2, 0.25) is 0 Å². The number of halogens is 1. The van der Waals surface area contributed by atoms with Gasteiger partial charge in [0.2, 0.25) is 0 Å². The second-order valence-electron chi connectivity index (χ2n) is 4.88. The Balaban J connectivity index is 2.00. The lowest BCUT2D eigenvalue weighted by molar-refractivity contribution is -0.112. The molecule has 104 valence electrons. The first kappa shape index (κ1) is 13.7. The lowest BCUT2D eigenvalue weighted by Gasteiger charge is -2.07. The molecule has 2 aromatic carbocycles. The molecule has 0 aromatic heterocycles. The number of hydrogen-bond donors (Lipinski definition) is 0. The molecule has 0 aliphatic carbocycles. The first-order chi connectivity index (χ1) is 10.2. The van der Waals surface area contributed by atoms with E-state index in [2.05, 4.69) is 0 Å². The molecule has 3 heteroatoms. The quantitative estimate of drug-likeness (QED) is 0.755. The van der Waals surface area contributed by atoms with Crippen LogP contribution in [0.15, 0.2) is 65.7 Å². The van der Waals surface area contributed by atoms with Crippen molar-refractivity contribution < 1.29 is 4.79 Å². The number of nitrogens with zero attached hydrogens (tertiary/aromatic N) is 1. The summed E-state index contributed by atoms with van der Waals surface area (Å²) in [7, 11) is 1.77. The maximum atomic E-state index is 12.3. The third kappa shape index (κ3) is 2.63. The van der Waals surface area contributed by atoms with Gasteiger partial charge in [0.05, 0.1) is 11.3 Å². The Morgan fingerprint density at radius 1 is 1.05 bits per heavy atom. The Bertz CT molecular complexity index is 747. The summed E-state index contributed by atoms with van der Waals surface area (Å²) in [5, 5.41) is 0.537. The fourth-order valence-electron chi connectivity index (χ4n) is 2.43. The van der Waals surface area contributed by atoms with Gasteiger partial charge in [-0.1, -0.05) is 60.1 Å². The van der Waals surface area contributed by atoms with Crippen LogP contribution in [0.3, 0.4) is 0 Å². The molecule has 0 atom stereocenters. The number of hydrogen-bond acceptors (Lipinski definition) is 1.